The molecule has 0 amide bonds. The Kier molecular flexibility index (Phi) is 2.81. The second-order valence-corrected chi connectivity index (χ2v) is 7.73. The van der Waals surface area contributed by atoms with E-state index in [9.17, 15) is 0 Å². The molecule has 0 bridgehead atoms. The summed E-state index contributed by atoms with van der Waals surface area (Å²) in [5, 5.41) is 0. The average molecular weight is 284 g/mol. The fraction of sp³-hybridized carbons (Fsp3) is 0.429. The van der Waals surface area contributed by atoms with Crippen molar-refractivity contribution in [3.05, 3.63) is 59.1 Å². The lowest BCUT2D eigenvalue weighted by Gasteiger charge is -2.32. The van der Waals surface area contributed by atoms with Crippen LogP contribution in [0.1, 0.15) is 63.7 Å². The molecular formula is C21H28. The molecule has 0 heterocycles. The Balaban J connectivity index is 3.01. The Hall–Kier alpha value is -1.56. The van der Waals surface area contributed by atoms with Crippen LogP contribution < -0.4 is 0 Å². The summed E-state index contributed by atoms with van der Waals surface area (Å²) in [4.78, 5) is 0. The molecule has 0 fully saturated rings. The molecule has 0 radical (unpaired) electrons. The van der Waals surface area contributed by atoms with Gasteiger partial charge in [0.15, 0.2) is 0 Å². The zero-order chi connectivity index (χ0) is 19.3. The Labute approximate surface area is 135 Å². The fourth-order valence-electron chi connectivity index (χ4n) is 2.77. The molecule has 112 valence electrons. The molecule has 0 aromatic heterocycles. The SMILES string of the molecule is [2H]c1c([2H])c(C)c([2H])c(-c2cccc(C(C)(C)C)c2C(C)(C)C)c1[2H]. The highest BCUT2D eigenvalue weighted by Crippen LogP contribution is 2.40. The van der Waals surface area contributed by atoms with Crippen LogP contribution in [-0.2, 0) is 10.8 Å². The first-order chi connectivity index (χ1) is 11.3. The van der Waals surface area contributed by atoms with E-state index in [2.05, 4.69) is 47.6 Å². The molecule has 2 aromatic rings. The normalized spacial score (nSPS) is 15.2. The predicted octanol–water partition coefficient (Wildman–Crippen LogP) is 6.26. The molecule has 0 saturated carbocycles. The molecule has 0 aliphatic rings. The van der Waals surface area contributed by atoms with Crippen LogP contribution >= 0.6 is 0 Å². The largest absolute Gasteiger partial charge is 0.0632 e. The van der Waals surface area contributed by atoms with E-state index in [0.29, 0.717) is 11.1 Å². The van der Waals surface area contributed by atoms with Crippen molar-refractivity contribution in [2.24, 2.45) is 0 Å². The summed E-state index contributed by atoms with van der Waals surface area (Å²) < 4.78 is 33.0. The van der Waals surface area contributed by atoms with E-state index in [4.69, 9.17) is 5.48 Å². The molecule has 0 unspecified atom stereocenters. The number of hydrogen-bond donors (Lipinski definition) is 0. The molecule has 0 atom stereocenters. The molecule has 2 rings (SSSR count). The van der Waals surface area contributed by atoms with Crippen molar-refractivity contribution in [1.82, 2.24) is 0 Å². The van der Waals surface area contributed by atoms with Crippen molar-refractivity contribution in [2.75, 3.05) is 0 Å². The second kappa shape index (κ2) is 5.33. The van der Waals surface area contributed by atoms with Crippen molar-refractivity contribution in [2.45, 2.75) is 59.3 Å². The topological polar surface area (TPSA) is 0 Å². The van der Waals surface area contributed by atoms with Crippen molar-refractivity contribution in [1.29, 1.82) is 0 Å². The summed E-state index contributed by atoms with van der Waals surface area (Å²) in [7, 11) is 0. The maximum Gasteiger partial charge on any atom is 0.0632 e. The van der Waals surface area contributed by atoms with E-state index in [0.717, 1.165) is 11.1 Å². The molecule has 0 spiro atoms. The minimum Gasteiger partial charge on any atom is -0.0614 e. The summed E-state index contributed by atoms with van der Waals surface area (Å²) in [5.74, 6) is 0. The summed E-state index contributed by atoms with van der Waals surface area (Å²) in [6.07, 6.45) is 0. The van der Waals surface area contributed by atoms with Crippen LogP contribution in [0, 0.1) is 6.92 Å². The minimum atomic E-state index is -0.173. The van der Waals surface area contributed by atoms with Gasteiger partial charge in [0.05, 0.1) is 5.48 Å². The first-order valence-corrected chi connectivity index (χ1v) is 7.49. The molecule has 0 saturated heterocycles. The molecule has 21 heavy (non-hydrogen) atoms. The maximum absolute atomic E-state index is 8.52. The van der Waals surface area contributed by atoms with Crippen molar-refractivity contribution >= 4 is 0 Å². The van der Waals surface area contributed by atoms with Gasteiger partial charge in [-0.25, -0.2) is 0 Å². The highest BCUT2D eigenvalue weighted by atomic mass is 14.3. The number of benzene rings is 2. The van der Waals surface area contributed by atoms with Crippen molar-refractivity contribution < 1.29 is 5.48 Å². The lowest BCUT2D eigenvalue weighted by Crippen LogP contribution is -2.23. The van der Waals surface area contributed by atoms with Crippen molar-refractivity contribution in [3.63, 3.8) is 0 Å². The summed E-state index contributed by atoms with van der Waals surface area (Å²) in [6.45, 7) is 14.6. The zero-order valence-corrected chi connectivity index (χ0v) is 14.2. The molecule has 0 aliphatic heterocycles. The lowest BCUT2D eigenvalue weighted by atomic mass is 9.72. The van der Waals surface area contributed by atoms with E-state index in [-0.39, 0.29) is 35.0 Å². The molecule has 0 N–H and O–H groups in total. The second-order valence-electron chi connectivity index (χ2n) is 7.73. The fourth-order valence-corrected chi connectivity index (χ4v) is 2.77. The molecule has 0 aliphatic carbocycles. The van der Waals surface area contributed by atoms with Crippen LogP contribution in [0.15, 0.2) is 42.4 Å². The third-order valence-corrected chi connectivity index (χ3v) is 3.64. The van der Waals surface area contributed by atoms with Gasteiger partial charge in [-0.1, -0.05) is 89.5 Å². The van der Waals surface area contributed by atoms with Gasteiger partial charge < -0.3 is 0 Å². The number of hydrogen-bond acceptors (Lipinski definition) is 0. The quantitative estimate of drug-likeness (QED) is 0.580. The van der Waals surface area contributed by atoms with Gasteiger partial charge >= 0.3 is 0 Å². The first kappa shape index (κ1) is 11.1. The van der Waals surface area contributed by atoms with E-state index in [1.807, 2.05) is 12.1 Å². The van der Waals surface area contributed by atoms with E-state index >= 15 is 0 Å². The maximum atomic E-state index is 8.52. The third-order valence-electron chi connectivity index (χ3n) is 3.64. The van der Waals surface area contributed by atoms with Gasteiger partial charge in [0.1, 0.15) is 0 Å². The van der Waals surface area contributed by atoms with Crippen LogP contribution in [0.5, 0.6) is 0 Å². The summed E-state index contributed by atoms with van der Waals surface area (Å²) >= 11 is 0. The van der Waals surface area contributed by atoms with Gasteiger partial charge in [-0.15, -0.1) is 0 Å². The Bertz CT molecular complexity index is 792. The van der Waals surface area contributed by atoms with E-state index < -0.39 is 0 Å². The highest BCUT2D eigenvalue weighted by Gasteiger charge is 2.27. The van der Waals surface area contributed by atoms with Gasteiger partial charge in [0.25, 0.3) is 0 Å². The van der Waals surface area contributed by atoms with Crippen LogP contribution in [0.2, 0.25) is 0 Å². The van der Waals surface area contributed by atoms with Crippen molar-refractivity contribution in [3.8, 4) is 11.1 Å². The highest BCUT2D eigenvalue weighted by molar-refractivity contribution is 5.71. The van der Waals surface area contributed by atoms with E-state index in [1.54, 1.807) is 6.92 Å². The van der Waals surface area contributed by atoms with Crippen LogP contribution in [-0.4, -0.2) is 0 Å². The Morgan fingerprint density at radius 1 is 0.905 bits per heavy atom. The predicted molar refractivity (Wildman–Crippen MR) is 94.0 cm³/mol. The average Bonchev–Trinajstić information content (AvgIpc) is 2.49. The Morgan fingerprint density at radius 3 is 2.14 bits per heavy atom. The molecule has 0 heteroatoms. The van der Waals surface area contributed by atoms with Gasteiger partial charge in [0, 0.05) is 0 Å². The van der Waals surface area contributed by atoms with Gasteiger partial charge in [-0.2, -0.15) is 0 Å². The van der Waals surface area contributed by atoms with Crippen LogP contribution in [0.4, 0.5) is 0 Å². The van der Waals surface area contributed by atoms with Gasteiger partial charge in [0.2, 0.25) is 0 Å². The Morgan fingerprint density at radius 2 is 1.57 bits per heavy atom. The minimum absolute atomic E-state index is 0.0250. The molecule has 2 aromatic carbocycles. The molecule has 0 nitrogen and oxygen atoms in total. The smallest absolute Gasteiger partial charge is 0.0614 e. The monoisotopic (exact) mass is 284 g/mol. The standard InChI is InChI=1S/C21H28/c1-15-10-8-11-16(14-15)17-12-9-13-18(20(2,3)4)19(17)21(5,6)7/h8-14H,1-7H3/i8D,10D,11D,14D. The molecular weight excluding hydrogens is 252 g/mol. The number of rotatable bonds is 1. The van der Waals surface area contributed by atoms with Crippen LogP contribution in [0.3, 0.4) is 0 Å². The third kappa shape index (κ3) is 3.37. The first-order valence-electron chi connectivity index (χ1n) is 9.49. The lowest BCUT2D eigenvalue weighted by molar-refractivity contribution is 0.531. The summed E-state index contributed by atoms with van der Waals surface area (Å²) in [6, 6.07) is 6.05. The zero-order valence-electron chi connectivity index (χ0n) is 18.2. The van der Waals surface area contributed by atoms with Crippen LogP contribution in [0.25, 0.3) is 11.1 Å². The van der Waals surface area contributed by atoms with Gasteiger partial charge in [-0.05, 0) is 40.0 Å². The van der Waals surface area contributed by atoms with Gasteiger partial charge in [-0.3, -0.25) is 0 Å². The summed E-state index contributed by atoms with van der Waals surface area (Å²) in [5.41, 5.74) is 3.82. The van der Waals surface area contributed by atoms with E-state index in [1.165, 1.54) is 5.56 Å².